The number of amides is 1. The van der Waals surface area contributed by atoms with E-state index in [0.717, 1.165) is 65.8 Å². The number of carbonyl (C=O) groups is 1. The van der Waals surface area contributed by atoms with Crippen LogP contribution in [0.5, 0.6) is 0 Å². The molecule has 0 unspecified atom stereocenters. The average Bonchev–Trinajstić information content (AvgIpc) is 3.31. The highest BCUT2D eigenvalue weighted by Gasteiger charge is 2.54. The van der Waals surface area contributed by atoms with Crippen LogP contribution in [0.2, 0.25) is 0 Å². The van der Waals surface area contributed by atoms with E-state index < -0.39 is 5.60 Å². The molecule has 1 saturated heterocycles. The summed E-state index contributed by atoms with van der Waals surface area (Å²) in [4.78, 5) is 20.6. The molecule has 7 nitrogen and oxygen atoms in total. The summed E-state index contributed by atoms with van der Waals surface area (Å²) >= 11 is 1.79. The van der Waals surface area contributed by atoms with Crippen LogP contribution in [-0.4, -0.2) is 50.2 Å². The second-order valence-electron chi connectivity index (χ2n) is 12.6. The quantitative estimate of drug-likeness (QED) is 0.336. The Balaban J connectivity index is 1.17. The maximum atomic E-state index is 12.3. The van der Waals surface area contributed by atoms with Gasteiger partial charge in [-0.05, 0) is 78.5 Å². The number of likely N-dealkylation sites (tertiary alicyclic amines) is 1. The van der Waals surface area contributed by atoms with Crippen molar-refractivity contribution in [1.82, 2.24) is 19.7 Å². The molecule has 1 aromatic carbocycles. The van der Waals surface area contributed by atoms with E-state index in [1.54, 1.807) is 11.3 Å². The standard InChI is InChI=1S/C32H37N5O2S/c1-8-25-28-35-34-21(4)37(28)29-26(19(2)20(3)40-29)27(33-25)24-13-11-22(12-14-24)9-10-23-15-32(16-23)17-36(18-32)30(38)39-31(5,6)7/h11-14,23,25H,8,15-18H2,1-7H3/t25-/m0/s1. The van der Waals surface area contributed by atoms with Gasteiger partial charge in [0.1, 0.15) is 22.5 Å². The Morgan fingerprint density at radius 3 is 2.48 bits per heavy atom. The number of aromatic nitrogens is 3. The lowest BCUT2D eigenvalue weighted by atomic mass is 9.58. The highest BCUT2D eigenvalue weighted by atomic mass is 32.1. The largest absolute Gasteiger partial charge is 0.444 e. The minimum absolute atomic E-state index is 0.0429. The van der Waals surface area contributed by atoms with Crippen molar-refractivity contribution in [1.29, 1.82) is 0 Å². The summed E-state index contributed by atoms with van der Waals surface area (Å²) in [7, 11) is 0. The van der Waals surface area contributed by atoms with E-state index in [4.69, 9.17) is 9.73 Å². The van der Waals surface area contributed by atoms with Gasteiger partial charge in [0.25, 0.3) is 0 Å². The number of aliphatic imine (C=N–C) groups is 1. The Hall–Kier alpha value is -3.44. The van der Waals surface area contributed by atoms with Crippen molar-refractivity contribution < 1.29 is 9.53 Å². The molecule has 208 valence electrons. The maximum Gasteiger partial charge on any atom is 0.410 e. The number of nitrogens with zero attached hydrogens (tertiary/aromatic N) is 5. The molecule has 1 amide bonds. The monoisotopic (exact) mass is 555 g/mol. The molecule has 3 aromatic rings. The van der Waals surface area contributed by atoms with Crippen LogP contribution in [0.4, 0.5) is 4.79 Å². The molecule has 8 heteroatoms. The number of hydrogen-bond donors (Lipinski definition) is 0. The van der Waals surface area contributed by atoms with Crippen molar-refractivity contribution >= 4 is 23.1 Å². The van der Waals surface area contributed by atoms with E-state index in [-0.39, 0.29) is 17.6 Å². The van der Waals surface area contributed by atoms with Crippen molar-refractivity contribution in [3.05, 3.63) is 63.0 Å². The molecule has 2 fully saturated rings. The zero-order valence-corrected chi connectivity index (χ0v) is 25.3. The molecule has 6 rings (SSSR count). The number of carbonyl (C=O) groups excluding carboxylic acids is 1. The van der Waals surface area contributed by atoms with Gasteiger partial charge >= 0.3 is 6.09 Å². The molecule has 2 aromatic heterocycles. The van der Waals surface area contributed by atoms with Crippen molar-refractivity contribution in [2.45, 2.75) is 79.4 Å². The van der Waals surface area contributed by atoms with E-state index in [0.29, 0.717) is 5.92 Å². The van der Waals surface area contributed by atoms with Crippen LogP contribution in [0.1, 0.15) is 91.8 Å². The minimum atomic E-state index is -0.452. The molecule has 1 spiro atoms. The third-order valence-electron chi connectivity index (χ3n) is 8.27. The van der Waals surface area contributed by atoms with Gasteiger partial charge in [0.2, 0.25) is 0 Å². The van der Waals surface area contributed by atoms with Crippen LogP contribution in [-0.2, 0) is 4.74 Å². The normalized spacial score (nSPS) is 19.4. The van der Waals surface area contributed by atoms with Crippen LogP contribution < -0.4 is 0 Å². The zero-order valence-electron chi connectivity index (χ0n) is 24.5. The molecule has 1 atom stereocenters. The summed E-state index contributed by atoms with van der Waals surface area (Å²) in [5, 5.41) is 10.1. The molecule has 0 bridgehead atoms. The SMILES string of the molecule is CC[C@@H]1N=C(c2ccc(C#CC3CC4(C3)CN(C(=O)OC(C)(C)C)C4)cc2)c2c(sc(C)c2C)-n2c(C)nnc21. The Labute approximate surface area is 240 Å². The van der Waals surface area contributed by atoms with Gasteiger partial charge < -0.3 is 9.64 Å². The first-order valence-corrected chi connectivity index (χ1v) is 15.0. The Morgan fingerprint density at radius 2 is 1.82 bits per heavy atom. The Bertz CT molecular complexity index is 1560. The fourth-order valence-electron chi connectivity index (χ4n) is 6.12. The van der Waals surface area contributed by atoms with Gasteiger partial charge in [0.05, 0.1) is 5.71 Å². The van der Waals surface area contributed by atoms with Crippen LogP contribution in [0.15, 0.2) is 29.3 Å². The average molecular weight is 556 g/mol. The van der Waals surface area contributed by atoms with Gasteiger partial charge in [-0.25, -0.2) is 4.79 Å². The summed E-state index contributed by atoms with van der Waals surface area (Å²) in [5.74, 6) is 9.07. The van der Waals surface area contributed by atoms with Gasteiger partial charge in [0.15, 0.2) is 5.82 Å². The first-order chi connectivity index (χ1) is 19.0. The third-order valence-corrected chi connectivity index (χ3v) is 9.46. The lowest BCUT2D eigenvalue weighted by molar-refractivity contribution is -0.0832. The zero-order chi connectivity index (χ0) is 28.4. The number of thiophene rings is 1. The van der Waals surface area contributed by atoms with Gasteiger partial charge in [-0.1, -0.05) is 30.9 Å². The molecular formula is C32H37N5O2S. The lowest BCUT2D eigenvalue weighted by Gasteiger charge is -2.57. The predicted octanol–water partition coefficient (Wildman–Crippen LogP) is 6.55. The molecule has 3 aliphatic rings. The van der Waals surface area contributed by atoms with E-state index in [1.165, 1.54) is 16.0 Å². The number of benzene rings is 1. The lowest BCUT2D eigenvalue weighted by Crippen LogP contribution is -2.64. The summed E-state index contributed by atoms with van der Waals surface area (Å²) in [6.07, 6.45) is 2.76. The van der Waals surface area contributed by atoms with Gasteiger partial charge in [-0.15, -0.1) is 21.5 Å². The summed E-state index contributed by atoms with van der Waals surface area (Å²) in [6, 6.07) is 8.48. The van der Waals surface area contributed by atoms with Gasteiger partial charge in [-0.3, -0.25) is 9.56 Å². The van der Waals surface area contributed by atoms with E-state index >= 15 is 0 Å². The van der Waals surface area contributed by atoms with Crippen molar-refractivity contribution in [3.63, 3.8) is 0 Å². The first kappa shape index (κ1) is 26.8. The van der Waals surface area contributed by atoms with E-state index in [9.17, 15) is 4.79 Å². The molecule has 40 heavy (non-hydrogen) atoms. The van der Waals surface area contributed by atoms with E-state index in [1.807, 2.05) is 32.6 Å². The molecule has 4 heterocycles. The second kappa shape index (κ2) is 9.59. The Morgan fingerprint density at radius 1 is 1.12 bits per heavy atom. The summed E-state index contributed by atoms with van der Waals surface area (Å²) < 4.78 is 7.70. The topological polar surface area (TPSA) is 72.6 Å². The highest BCUT2D eigenvalue weighted by Crippen LogP contribution is 2.52. The second-order valence-corrected chi connectivity index (χ2v) is 13.8. The maximum absolute atomic E-state index is 12.3. The molecule has 0 radical (unpaired) electrons. The number of rotatable bonds is 2. The first-order valence-electron chi connectivity index (χ1n) is 14.2. The van der Waals surface area contributed by atoms with Crippen LogP contribution in [0, 0.1) is 43.9 Å². The number of fused-ring (bicyclic) bond motifs is 3. The van der Waals surface area contributed by atoms with Gasteiger partial charge in [0, 0.05) is 46.0 Å². The highest BCUT2D eigenvalue weighted by molar-refractivity contribution is 7.15. The predicted molar refractivity (Wildman–Crippen MR) is 158 cm³/mol. The number of hydrogen-bond acceptors (Lipinski definition) is 6. The van der Waals surface area contributed by atoms with Crippen molar-refractivity contribution in [2.75, 3.05) is 13.1 Å². The molecule has 2 aliphatic heterocycles. The van der Waals surface area contributed by atoms with Crippen molar-refractivity contribution in [3.8, 4) is 16.8 Å². The molecule has 1 aliphatic carbocycles. The molecule has 1 saturated carbocycles. The summed E-state index contributed by atoms with van der Waals surface area (Å²) in [6.45, 7) is 15.8. The minimum Gasteiger partial charge on any atom is -0.444 e. The van der Waals surface area contributed by atoms with Crippen LogP contribution in [0.3, 0.4) is 0 Å². The van der Waals surface area contributed by atoms with Crippen LogP contribution >= 0.6 is 11.3 Å². The van der Waals surface area contributed by atoms with Gasteiger partial charge in [-0.2, -0.15) is 0 Å². The third kappa shape index (κ3) is 4.64. The molecule has 0 N–H and O–H groups in total. The fraction of sp³-hybridized carbons (Fsp3) is 0.500. The van der Waals surface area contributed by atoms with Crippen molar-refractivity contribution in [2.24, 2.45) is 16.3 Å². The summed E-state index contributed by atoms with van der Waals surface area (Å²) in [5.41, 5.74) is 5.37. The number of ether oxygens (including phenoxy) is 1. The fourth-order valence-corrected chi connectivity index (χ4v) is 7.34. The van der Waals surface area contributed by atoms with E-state index in [2.05, 4.69) is 71.6 Å². The smallest absolute Gasteiger partial charge is 0.410 e. The number of aryl methyl sites for hydroxylation is 2. The Kier molecular flexibility index (Phi) is 6.42. The molecular weight excluding hydrogens is 518 g/mol. The van der Waals surface area contributed by atoms with Crippen LogP contribution in [0.25, 0.3) is 5.00 Å².